The Kier molecular flexibility index (Phi) is 7.51. The molecule has 3 aromatic rings. The lowest BCUT2D eigenvalue weighted by Gasteiger charge is -2.36. The Balaban J connectivity index is 1.27. The maximum atomic E-state index is 13.0. The first-order valence-electron chi connectivity index (χ1n) is 10.3. The Labute approximate surface area is 203 Å². The standard InChI is InChI=1S/C23H21ClF3N3OS2/c24-18-5-1-3-16(11-18)14-32-22-28-19(15-33-22)13-21(31)30-9-7-29(8-10-30)20-6-2-4-17(12-20)23(25,26)27/h1-6,11-12,15H,7-10,13-14H2. The quantitative estimate of drug-likeness (QED) is 0.380. The average Bonchev–Trinajstić information content (AvgIpc) is 3.24. The van der Waals surface area contributed by atoms with Crippen molar-refractivity contribution in [3.63, 3.8) is 0 Å². The van der Waals surface area contributed by atoms with E-state index in [4.69, 9.17) is 11.6 Å². The maximum absolute atomic E-state index is 13.0. The highest BCUT2D eigenvalue weighted by atomic mass is 35.5. The molecule has 1 aliphatic rings. The van der Waals surface area contributed by atoms with Gasteiger partial charge in [-0.2, -0.15) is 13.2 Å². The van der Waals surface area contributed by atoms with Crippen LogP contribution in [0.3, 0.4) is 0 Å². The molecule has 33 heavy (non-hydrogen) atoms. The first kappa shape index (κ1) is 23.9. The molecule has 1 fully saturated rings. The molecule has 0 unspecified atom stereocenters. The van der Waals surface area contributed by atoms with Gasteiger partial charge in [-0.3, -0.25) is 4.79 Å². The molecule has 4 nitrogen and oxygen atoms in total. The number of halogens is 4. The molecular formula is C23H21ClF3N3OS2. The normalized spacial score (nSPS) is 14.5. The smallest absolute Gasteiger partial charge is 0.368 e. The molecule has 0 saturated carbocycles. The van der Waals surface area contributed by atoms with Gasteiger partial charge in [0.25, 0.3) is 0 Å². The summed E-state index contributed by atoms with van der Waals surface area (Å²) in [5.41, 5.74) is 1.71. The number of carbonyl (C=O) groups is 1. The number of benzene rings is 2. The first-order valence-corrected chi connectivity index (χ1v) is 12.5. The third-order valence-electron chi connectivity index (χ3n) is 5.29. The summed E-state index contributed by atoms with van der Waals surface area (Å²) in [6.45, 7) is 1.92. The van der Waals surface area contributed by atoms with E-state index in [-0.39, 0.29) is 12.3 Å². The molecule has 0 atom stereocenters. The number of aromatic nitrogens is 1. The zero-order valence-corrected chi connectivity index (χ0v) is 19.9. The summed E-state index contributed by atoms with van der Waals surface area (Å²) >= 11 is 9.13. The molecule has 0 bridgehead atoms. The number of anilines is 1. The van der Waals surface area contributed by atoms with Crippen LogP contribution in [0.25, 0.3) is 0 Å². The average molecular weight is 512 g/mol. The van der Waals surface area contributed by atoms with E-state index in [0.29, 0.717) is 36.9 Å². The van der Waals surface area contributed by atoms with E-state index in [1.165, 1.54) is 17.4 Å². The number of rotatable bonds is 6. The Morgan fingerprint density at radius 1 is 1.09 bits per heavy atom. The molecule has 1 amide bonds. The lowest BCUT2D eigenvalue weighted by atomic mass is 10.1. The monoisotopic (exact) mass is 511 g/mol. The predicted octanol–water partition coefficient (Wildman–Crippen LogP) is 6.00. The molecule has 1 aliphatic heterocycles. The van der Waals surface area contributed by atoms with Crippen molar-refractivity contribution in [1.29, 1.82) is 0 Å². The van der Waals surface area contributed by atoms with Gasteiger partial charge in [-0.1, -0.05) is 41.6 Å². The second-order valence-corrected chi connectivity index (χ2v) is 10.1. The van der Waals surface area contributed by atoms with Gasteiger partial charge in [-0.05, 0) is 35.9 Å². The van der Waals surface area contributed by atoms with Crippen LogP contribution in [-0.2, 0) is 23.1 Å². The molecule has 0 aliphatic carbocycles. The van der Waals surface area contributed by atoms with Gasteiger partial charge in [-0.15, -0.1) is 11.3 Å². The van der Waals surface area contributed by atoms with Crippen molar-refractivity contribution in [2.45, 2.75) is 22.7 Å². The highest BCUT2D eigenvalue weighted by Gasteiger charge is 2.31. The van der Waals surface area contributed by atoms with Crippen LogP contribution in [0.2, 0.25) is 5.02 Å². The van der Waals surface area contributed by atoms with Gasteiger partial charge < -0.3 is 9.80 Å². The number of carbonyl (C=O) groups excluding carboxylic acids is 1. The molecule has 0 spiro atoms. The van der Waals surface area contributed by atoms with Crippen LogP contribution in [0, 0.1) is 0 Å². The summed E-state index contributed by atoms with van der Waals surface area (Å²) in [5.74, 6) is 0.731. The van der Waals surface area contributed by atoms with Crippen LogP contribution in [0.1, 0.15) is 16.8 Å². The van der Waals surface area contributed by atoms with Gasteiger partial charge in [0, 0.05) is 48.0 Å². The molecule has 0 radical (unpaired) electrons. The number of alkyl halides is 3. The highest BCUT2D eigenvalue weighted by Crippen LogP contribution is 2.32. The largest absolute Gasteiger partial charge is 0.416 e. The second kappa shape index (κ2) is 10.4. The van der Waals surface area contributed by atoms with Crippen molar-refractivity contribution in [3.8, 4) is 0 Å². The third-order valence-corrected chi connectivity index (χ3v) is 7.66. The molecule has 1 aromatic heterocycles. The third kappa shape index (κ3) is 6.43. The molecule has 0 N–H and O–H groups in total. The predicted molar refractivity (Wildman–Crippen MR) is 127 cm³/mol. The first-order chi connectivity index (χ1) is 15.8. The fourth-order valence-electron chi connectivity index (χ4n) is 3.57. The summed E-state index contributed by atoms with van der Waals surface area (Å²) in [7, 11) is 0. The molecular weight excluding hydrogens is 491 g/mol. The topological polar surface area (TPSA) is 36.4 Å². The highest BCUT2D eigenvalue weighted by molar-refractivity contribution is 8.00. The SMILES string of the molecule is O=C(Cc1csc(SCc2cccc(Cl)c2)n1)N1CCN(c2cccc(C(F)(F)F)c2)CC1. The van der Waals surface area contributed by atoms with Crippen LogP contribution < -0.4 is 4.90 Å². The molecule has 4 rings (SSSR count). The summed E-state index contributed by atoms with van der Waals surface area (Å²) in [4.78, 5) is 20.9. The van der Waals surface area contributed by atoms with E-state index in [9.17, 15) is 18.0 Å². The summed E-state index contributed by atoms with van der Waals surface area (Å²) in [6, 6.07) is 13.0. The van der Waals surface area contributed by atoms with Gasteiger partial charge in [-0.25, -0.2) is 4.98 Å². The lowest BCUT2D eigenvalue weighted by Crippen LogP contribution is -2.49. The zero-order valence-electron chi connectivity index (χ0n) is 17.5. The van der Waals surface area contributed by atoms with Crippen LogP contribution in [-0.4, -0.2) is 42.0 Å². The molecule has 2 aromatic carbocycles. The minimum Gasteiger partial charge on any atom is -0.368 e. The van der Waals surface area contributed by atoms with Crippen LogP contribution in [0.4, 0.5) is 18.9 Å². The Hall–Kier alpha value is -2.23. The van der Waals surface area contributed by atoms with Crippen LogP contribution in [0.5, 0.6) is 0 Å². The van der Waals surface area contributed by atoms with E-state index in [1.807, 2.05) is 34.5 Å². The van der Waals surface area contributed by atoms with Crippen molar-refractivity contribution < 1.29 is 18.0 Å². The maximum Gasteiger partial charge on any atom is 0.416 e. The van der Waals surface area contributed by atoms with E-state index in [0.717, 1.165) is 33.5 Å². The van der Waals surface area contributed by atoms with Crippen LogP contribution >= 0.6 is 34.7 Å². The fraction of sp³-hybridized carbons (Fsp3) is 0.304. The lowest BCUT2D eigenvalue weighted by molar-refractivity contribution is -0.137. The Bertz CT molecular complexity index is 1110. The van der Waals surface area contributed by atoms with Gasteiger partial charge in [0.15, 0.2) is 0 Å². The van der Waals surface area contributed by atoms with Crippen molar-refractivity contribution >= 4 is 46.3 Å². The van der Waals surface area contributed by atoms with E-state index in [2.05, 4.69) is 4.98 Å². The molecule has 2 heterocycles. The Morgan fingerprint density at radius 2 is 1.85 bits per heavy atom. The number of nitrogens with zero attached hydrogens (tertiary/aromatic N) is 3. The minimum atomic E-state index is -4.37. The van der Waals surface area contributed by atoms with Crippen molar-refractivity contribution in [2.75, 3.05) is 31.1 Å². The number of thioether (sulfide) groups is 1. The summed E-state index contributed by atoms with van der Waals surface area (Å²) in [5, 5.41) is 2.60. The molecule has 10 heteroatoms. The Morgan fingerprint density at radius 3 is 2.58 bits per heavy atom. The molecule has 1 saturated heterocycles. The summed E-state index contributed by atoms with van der Waals surface area (Å²) < 4.78 is 39.8. The zero-order chi connectivity index (χ0) is 23.4. The van der Waals surface area contributed by atoms with E-state index >= 15 is 0 Å². The van der Waals surface area contributed by atoms with Crippen molar-refractivity contribution in [1.82, 2.24) is 9.88 Å². The number of hydrogen-bond acceptors (Lipinski definition) is 5. The van der Waals surface area contributed by atoms with E-state index in [1.54, 1.807) is 22.7 Å². The number of amides is 1. The van der Waals surface area contributed by atoms with Gasteiger partial charge in [0.2, 0.25) is 5.91 Å². The number of thiazole rings is 1. The van der Waals surface area contributed by atoms with Crippen molar-refractivity contribution in [3.05, 3.63) is 75.8 Å². The minimum absolute atomic E-state index is 0.0182. The summed E-state index contributed by atoms with van der Waals surface area (Å²) in [6.07, 6.45) is -4.15. The fourth-order valence-corrected chi connectivity index (χ4v) is 5.57. The van der Waals surface area contributed by atoms with Gasteiger partial charge >= 0.3 is 6.18 Å². The van der Waals surface area contributed by atoms with Crippen molar-refractivity contribution in [2.24, 2.45) is 0 Å². The van der Waals surface area contributed by atoms with Gasteiger partial charge in [0.1, 0.15) is 4.34 Å². The van der Waals surface area contributed by atoms with Crippen LogP contribution in [0.15, 0.2) is 58.3 Å². The second-order valence-electron chi connectivity index (χ2n) is 7.62. The van der Waals surface area contributed by atoms with E-state index < -0.39 is 11.7 Å². The number of piperazine rings is 1. The van der Waals surface area contributed by atoms with Gasteiger partial charge in [0.05, 0.1) is 17.7 Å². The molecule has 174 valence electrons. The number of hydrogen-bond donors (Lipinski definition) is 0.